The summed E-state index contributed by atoms with van der Waals surface area (Å²) in [5.74, 6) is 0.438. The number of aromatic nitrogens is 3. The Bertz CT molecular complexity index is 2310. The van der Waals surface area contributed by atoms with E-state index < -0.39 is 34.3 Å². The van der Waals surface area contributed by atoms with Crippen molar-refractivity contribution in [3.8, 4) is 41.4 Å². The smallest absolute Gasteiger partial charge is 0.319 e. The quantitative estimate of drug-likeness (QED) is 0.120. The fourth-order valence-electron chi connectivity index (χ4n) is 9.12. The van der Waals surface area contributed by atoms with Crippen LogP contribution in [-0.4, -0.2) is 99.0 Å². The molecule has 2 aromatic heterocycles. The summed E-state index contributed by atoms with van der Waals surface area (Å²) in [5, 5.41) is 25.2. The second-order valence-corrected chi connectivity index (χ2v) is 15.9. The van der Waals surface area contributed by atoms with Gasteiger partial charge in [-0.2, -0.15) is 15.2 Å². The van der Waals surface area contributed by atoms with Crippen LogP contribution >= 0.6 is 0 Å². The van der Waals surface area contributed by atoms with Crippen LogP contribution in [0, 0.1) is 40.7 Å². The number of likely N-dealkylation sites (N-methyl/N-ethyl adjacent to an activating group) is 1. The van der Waals surface area contributed by atoms with E-state index in [4.69, 9.17) is 20.9 Å². The Morgan fingerprint density at radius 3 is 2.67 bits per heavy atom. The van der Waals surface area contributed by atoms with Gasteiger partial charge in [0.05, 0.1) is 33.5 Å². The molecule has 4 aromatic rings. The average molecular weight is 782 g/mol. The Morgan fingerprint density at radius 1 is 1.25 bits per heavy atom. The van der Waals surface area contributed by atoms with Crippen LogP contribution in [-0.2, 0) is 9.53 Å². The number of hydrogen-bond acceptors (Lipinski definition) is 10. The number of carbonyl (C=O) groups is 1. The molecule has 2 N–H and O–H groups in total. The maximum atomic E-state index is 17.2. The number of aromatic hydroxyl groups is 1. The van der Waals surface area contributed by atoms with E-state index in [0.717, 1.165) is 12.8 Å². The minimum Gasteiger partial charge on any atom is -0.508 e. The lowest BCUT2D eigenvalue weighted by molar-refractivity contribution is -0.129. The van der Waals surface area contributed by atoms with Crippen molar-refractivity contribution in [2.45, 2.75) is 82.1 Å². The molecule has 2 atom stereocenters. The van der Waals surface area contributed by atoms with Crippen LogP contribution < -0.4 is 10.1 Å². The average Bonchev–Trinajstić information content (AvgIpc) is 3.84. The van der Waals surface area contributed by atoms with Crippen molar-refractivity contribution in [3.05, 3.63) is 60.3 Å². The Labute approximate surface area is 329 Å². The van der Waals surface area contributed by atoms with Crippen molar-refractivity contribution in [2.75, 3.05) is 45.3 Å². The maximum Gasteiger partial charge on any atom is 0.319 e. The number of phenols is 1. The molecule has 298 valence electrons. The molecule has 2 aromatic carbocycles. The number of fused-ring (bicyclic) bond motifs is 2. The van der Waals surface area contributed by atoms with E-state index in [1.807, 2.05) is 4.90 Å². The monoisotopic (exact) mass is 781 g/mol. The summed E-state index contributed by atoms with van der Waals surface area (Å²) in [6, 6.07) is 7.38. The standard InChI is InChI=1S/C43H46F3N7O4/c1-6-30-33(45)11-10-26-18-29(54)19-31(35(26)30)37-36(46)38-32(21-48-37)39(49-24-42(14-8-9-15-42)52(5)34(55)7-2)51-40(50-38)57-25-43(41(3,4)23-47)20-27(44)22-53(43)28-12-16-56-17-13-28/h1,7,10-11,18-19,21,27-28,54H,2,8-9,12-17,20,22,24-25H2,3-5H3,(H,49,50,51)/t27-,43+/m1/s1. The van der Waals surface area contributed by atoms with E-state index in [2.05, 4.69) is 33.9 Å². The number of pyridine rings is 1. The van der Waals surface area contributed by atoms with Crippen molar-refractivity contribution in [2.24, 2.45) is 5.41 Å². The van der Waals surface area contributed by atoms with E-state index in [9.17, 15) is 15.2 Å². The fourth-order valence-corrected chi connectivity index (χ4v) is 9.12. The fraction of sp³-hybridized carbons (Fsp3) is 0.465. The molecule has 14 heteroatoms. The molecule has 0 spiro atoms. The summed E-state index contributed by atoms with van der Waals surface area (Å²) in [5.41, 5.74) is -3.34. The molecule has 3 fully saturated rings. The van der Waals surface area contributed by atoms with Gasteiger partial charge in [0, 0.05) is 63.0 Å². The maximum absolute atomic E-state index is 17.2. The number of nitrogens with one attached hydrogen (secondary N) is 1. The number of terminal acetylenes is 1. The largest absolute Gasteiger partial charge is 0.508 e. The van der Waals surface area contributed by atoms with Gasteiger partial charge in [0.1, 0.15) is 41.4 Å². The number of phenolic OH excluding ortho intramolecular Hbond substituents is 1. The normalized spacial score (nSPS) is 21.3. The lowest BCUT2D eigenvalue weighted by Crippen LogP contribution is -2.61. The minimum absolute atomic E-state index is 0.0247. The molecule has 0 radical (unpaired) electrons. The number of halogens is 3. The predicted molar refractivity (Wildman–Crippen MR) is 210 cm³/mol. The molecule has 1 aliphatic carbocycles. The molecule has 1 amide bonds. The number of nitrogens with zero attached hydrogens (tertiary/aromatic N) is 6. The number of ether oxygens (including phenoxy) is 2. The van der Waals surface area contributed by atoms with Gasteiger partial charge < -0.3 is 24.8 Å². The predicted octanol–water partition coefficient (Wildman–Crippen LogP) is 7.07. The summed E-state index contributed by atoms with van der Waals surface area (Å²) in [6.45, 7) is 8.39. The molecule has 4 heterocycles. The molecule has 57 heavy (non-hydrogen) atoms. The third-order valence-electron chi connectivity index (χ3n) is 12.5. The molecule has 2 aliphatic heterocycles. The second-order valence-electron chi connectivity index (χ2n) is 15.9. The van der Waals surface area contributed by atoms with Crippen LogP contribution in [0.15, 0.2) is 43.1 Å². The number of hydrogen-bond donors (Lipinski definition) is 2. The molecular formula is C43H46F3N7O4. The first-order valence-electron chi connectivity index (χ1n) is 19.2. The highest BCUT2D eigenvalue weighted by atomic mass is 19.1. The molecule has 1 saturated carbocycles. The van der Waals surface area contributed by atoms with Crippen molar-refractivity contribution < 1.29 is 32.5 Å². The summed E-state index contributed by atoms with van der Waals surface area (Å²) in [6.07, 6.45) is 11.7. The Morgan fingerprint density at radius 2 is 1.98 bits per heavy atom. The third-order valence-corrected chi connectivity index (χ3v) is 12.5. The van der Waals surface area contributed by atoms with Gasteiger partial charge in [0.2, 0.25) is 5.91 Å². The molecule has 0 unspecified atom stereocenters. The van der Waals surface area contributed by atoms with Gasteiger partial charge in [-0.05, 0) is 69.2 Å². The highest BCUT2D eigenvalue weighted by Gasteiger charge is 2.58. The Kier molecular flexibility index (Phi) is 10.8. The number of anilines is 1. The Balaban J connectivity index is 1.36. The SMILES string of the molecule is C#Cc1c(F)ccc2cc(O)cc(-c3ncc4c(NCC5(N(C)C(=O)C=C)CCCC5)nc(OC[C@]5(C(C)(C)C#N)C[C@@H](F)CN5C5CCOCC5)nc4c3F)c12. The molecule has 0 bridgehead atoms. The molecule has 7 rings (SSSR count). The first-order chi connectivity index (χ1) is 27.3. The van der Waals surface area contributed by atoms with Crippen LogP contribution in [0.1, 0.15) is 64.4 Å². The topological polar surface area (TPSA) is 137 Å². The zero-order valence-electron chi connectivity index (χ0n) is 32.4. The zero-order valence-corrected chi connectivity index (χ0v) is 32.4. The van der Waals surface area contributed by atoms with Crippen LogP contribution in [0.4, 0.5) is 19.0 Å². The molecule has 2 saturated heterocycles. The summed E-state index contributed by atoms with van der Waals surface area (Å²) in [4.78, 5) is 30.3. The van der Waals surface area contributed by atoms with Crippen LogP contribution in [0.5, 0.6) is 11.8 Å². The van der Waals surface area contributed by atoms with Crippen LogP contribution in [0.25, 0.3) is 32.9 Å². The first kappa shape index (κ1) is 39.8. The summed E-state index contributed by atoms with van der Waals surface area (Å²) in [7, 11) is 1.73. The van der Waals surface area contributed by atoms with Gasteiger partial charge in [-0.25, -0.2) is 13.2 Å². The van der Waals surface area contributed by atoms with Gasteiger partial charge in [0.25, 0.3) is 0 Å². The van der Waals surface area contributed by atoms with E-state index >= 15 is 13.2 Å². The van der Waals surface area contributed by atoms with Gasteiger partial charge in [0.15, 0.2) is 5.82 Å². The number of benzene rings is 2. The molecule has 11 nitrogen and oxygen atoms in total. The minimum atomic E-state index is -1.22. The van der Waals surface area contributed by atoms with Gasteiger partial charge in [-0.1, -0.05) is 31.4 Å². The Hall–Kier alpha value is -5.44. The summed E-state index contributed by atoms with van der Waals surface area (Å²) < 4.78 is 59.8. The third kappa shape index (κ3) is 6.99. The summed E-state index contributed by atoms with van der Waals surface area (Å²) >= 11 is 0. The van der Waals surface area contributed by atoms with Crippen LogP contribution in [0.2, 0.25) is 0 Å². The van der Waals surface area contributed by atoms with E-state index in [1.54, 1.807) is 25.8 Å². The second kappa shape index (κ2) is 15.5. The van der Waals surface area contributed by atoms with Crippen molar-refractivity contribution >= 4 is 33.4 Å². The number of alkyl halides is 1. The number of nitriles is 1. The van der Waals surface area contributed by atoms with Gasteiger partial charge in [-0.3, -0.25) is 14.7 Å². The van der Waals surface area contributed by atoms with E-state index in [-0.39, 0.29) is 88.8 Å². The van der Waals surface area contributed by atoms with Crippen molar-refractivity contribution in [1.29, 1.82) is 5.26 Å². The lowest BCUT2D eigenvalue weighted by Gasteiger charge is -2.49. The molecule has 3 aliphatic rings. The van der Waals surface area contributed by atoms with Gasteiger partial charge in [-0.15, -0.1) is 6.42 Å². The number of rotatable bonds is 11. The van der Waals surface area contributed by atoms with E-state index in [0.29, 0.717) is 44.3 Å². The number of likely N-dealkylation sites (tertiary alicyclic amines) is 1. The van der Waals surface area contributed by atoms with E-state index in [1.165, 1.54) is 36.5 Å². The molecular weight excluding hydrogens is 736 g/mol. The number of carbonyl (C=O) groups excluding carboxylic acids is 1. The van der Waals surface area contributed by atoms with Gasteiger partial charge >= 0.3 is 6.01 Å². The highest BCUT2D eigenvalue weighted by molar-refractivity contribution is 6.03. The van der Waals surface area contributed by atoms with Crippen molar-refractivity contribution in [1.82, 2.24) is 24.8 Å². The zero-order chi connectivity index (χ0) is 40.7. The van der Waals surface area contributed by atoms with Crippen molar-refractivity contribution in [3.63, 3.8) is 0 Å². The first-order valence-corrected chi connectivity index (χ1v) is 19.2. The van der Waals surface area contributed by atoms with Crippen LogP contribution in [0.3, 0.4) is 0 Å². The lowest BCUT2D eigenvalue weighted by atomic mass is 9.71. The number of amides is 1. The highest BCUT2D eigenvalue weighted by Crippen LogP contribution is 2.47.